The number of nitrogens with zero attached hydrogens (tertiary/aromatic N) is 2. The molecule has 4 nitrogen and oxygen atoms in total. The Labute approximate surface area is 97.1 Å². The fourth-order valence-corrected chi connectivity index (χ4v) is 1.52. The molecule has 1 aromatic heterocycles. The van der Waals surface area contributed by atoms with E-state index in [4.69, 9.17) is 0 Å². The van der Waals surface area contributed by atoms with Crippen LogP contribution in [0.25, 0.3) is 0 Å². The number of halogens is 1. The SMILES string of the molecule is Cc1ncc(Br)c(=O)n1CCC(C)(C)O. The molecule has 0 aliphatic rings. The minimum atomic E-state index is -0.770. The normalized spacial score (nSPS) is 11.8. The Morgan fingerprint density at radius 2 is 2.20 bits per heavy atom. The smallest absolute Gasteiger partial charge is 0.267 e. The van der Waals surface area contributed by atoms with Gasteiger partial charge >= 0.3 is 0 Å². The monoisotopic (exact) mass is 274 g/mol. The Balaban J connectivity index is 2.95. The Bertz CT molecular complexity index is 407. The van der Waals surface area contributed by atoms with Crippen molar-refractivity contribution < 1.29 is 5.11 Å². The van der Waals surface area contributed by atoms with Gasteiger partial charge in [0.1, 0.15) is 10.3 Å². The van der Waals surface area contributed by atoms with Gasteiger partial charge in [-0.2, -0.15) is 0 Å². The molecule has 1 aromatic rings. The summed E-state index contributed by atoms with van der Waals surface area (Å²) in [5.41, 5.74) is -0.875. The molecule has 0 amide bonds. The second-order valence-corrected chi connectivity index (χ2v) is 5.03. The van der Waals surface area contributed by atoms with Crippen LogP contribution in [0.3, 0.4) is 0 Å². The van der Waals surface area contributed by atoms with Gasteiger partial charge in [-0.25, -0.2) is 4.98 Å². The van der Waals surface area contributed by atoms with E-state index >= 15 is 0 Å². The fraction of sp³-hybridized carbons (Fsp3) is 0.600. The van der Waals surface area contributed by atoms with Gasteiger partial charge in [0.2, 0.25) is 0 Å². The van der Waals surface area contributed by atoms with Crippen LogP contribution in [0.5, 0.6) is 0 Å². The van der Waals surface area contributed by atoms with E-state index in [2.05, 4.69) is 20.9 Å². The van der Waals surface area contributed by atoms with Crippen molar-refractivity contribution in [1.82, 2.24) is 9.55 Å². The first-order chi connectivity index (χ1) is 6.81. The summed E-state index contributed by atoms with van der Waals surface area (Å²) >= 11 is 3.14. The highest BCUT2D eigenvalue weighted by molar-refractivity contribution is 9.10. The number of aliphatic hydroxyl groups is 1. The van der Waals surface area contributed by atoms with Crippen molar-refractivity contribution in [3.05, 3.63) is 26.8 Å². The molecule has 15 heavy (non-hydrogen) atoms. The van der Waals surface area contributed by atoms with Gasteiger partial charge in [0.15, 0.2) is 0 Å². The maximum Gasteiger partial charge on any atom is 0.267 e. The lowest BCUT2D eigenvalue weighted by molar-refractivity contribution is 0.0656. The summed E-state index contributed by atoms with van der Waals surface area (Å²) in [6.07, 6.45) is 2.02. The molecule has 1 heterocycles. The van der Waals surface area contributed by atoms with Gasteiger partial charge < -0.3 is 5.11 Å². The second-order valence-electron chi connectivity index (χ2n) is 4.17. The van der Waals surface area contributed by atoms with E-state index in [1.54, 1.807) is 25.3 Å². The van der Waals surface area contributed by atoms with Crippen LogP contribution in [-0.2, 0) is 6.54 Å². The number of aromatic nitrogens is 2. The van der Waals surface area contributed by atoms with Crippen LogP contribution in [0.4, 0.5) is 0 Å². The Hall–Kier alpha value is -0.680. The Morgan fingerprint density at radius 3 is 2.73 bits per heavy atom. The van der Waals surface area contributed by atoms with Gasteiger partial charge in [-0.05, 0) is 43.1 Å². The van der Waals surface area contributed by atoms with Crippen molar-refractivity contribution in [2.75, 3.05) is 0 Å². The van der Waals surface area contributed by atoms with E-state index in [1.165, 1.54) is 6.20 Å². The van der Waals surface area contributed by atoms with E-state index in [0.29, 0.717) is 23.3 Å². The lowest BCUT2D eigenvalue weighted by Crippen LogP contribution is -2.28. The highest BCUT2D eigenvalue weighted by Crippen LogP contribution is 2.09. The summed E-state index contributed by atoms with van der Waals surface area (Å²) < 4.78 is 2.01. The summed E-state index contributed by atoms with van der Waals surface area (Å²) in [4.78, 5) is 15.8. The van der Waals surface area contributed by atoms with Crippen LogP contribution in [0.2, 0.25) is 0 Å². The zero-order chi connectivity index (χ0) is 11.6. The molecule has 1 rings (SSSR count). The molecule has 0 aliphatic heterocycles. The maximum atomic E-state index is 11.7. The molecule has 0 aliphatic carbocycles. The zero-order valence-corrected chi connectivity index (χ0v) is 10.7. The topological polar surface area (TPSA) is 55.1 Å². The quantitative estimate of drug-likeness (QED) is 0.909. The van der Waals surface area contributed by atoms with Crippen LogP contribution in [-0.4, -0.2) is 20.3 Å². The summed E-state index contributed by atoms with van der Waals surface area (Å²) in [6.45, 7) is 5.69. The highest BCUT2D eigenvalue weighted by atomic mass is 79.9. The molecule has 1 N–H and O–H groups in total. The predicted octanol–water partition coefficient (Wildman–Crippen LogP) is 1.48. The van der Waals surface area contributed by atoms with Crippen molar-refractivity contribution >= 4 is 15.9 Å². The van der Waals surface area contributed by atoms with Gasteiger partial charge in [0.25, 0.3) is 5.56 Å². The molecule has 5 heteroatoms. The van der Waals surface area contributed by atoms with Crippen LogP contribution >= 0.6 is 15.9 Å². The minimum absolute atomic E-state index is 0.105. The standard InChI is InChI=1S/C10H15BrN2O2/c1-7-12-6-8(11)9(14)13(7)5-4-10(2,3)15/h6,15H,4-5H2,1-3H3. The van der Waals surface area contributed by atoms with E-state index in [9.17, 15) is 9.90 Å². The fourth-order valence-electron chi connectivity index (χ4n) is 1.20. The molecule has 0 unspecified atom stereocenters. The van der Waals surface area contributed by atoms with E-state index in [1.807, 2.05) is 0 Å². The number of hydrogen-bond acceptors (Lipinski definition) is 3. The van der Waals surface area contributed by atoms with E-state index in [0.717, 1.165) is 0 Å². The zero-order valence-electron chi connectivity index (χ0n) is 9.12. The van der Waals surface area contributed by atoms with E-state index < -0.39 is 5.60 Å². The second kappa shape index (κ2) is 4.45. The first-order valence-corrected chi connectivity index (χ1v) is 5.55. The van der Waals surface area contributed by atoms with Crippen molar-refractivity contribution in [2.24, 2.45) is 0 Å². The molecule has 0 aromatic carbocycles. The molecule has 0 saturated carbocycles. The largest absolute Gasteiger partial charge is 0.390 e. The Morgan fingerprint density at radius 1 is 1.60 bits per heavy atom. The summed E-state index contributed by atoms with van der Waals surface area (Å²) in [7, 11) is 0. The number of rotatable bonds is 3. The van der Waals surface area contributed by atoms with Gasteiger partial charge in [0, 0.05) is 12.7 Å². The first kappa shape index (κ1) is 12.4. The predicted molar refractivity (Wildman–Crippen MR) is 61.8 cm³/mol. The van der Waals surface area contributed by atoms with Crippen molar-refractivity contribution in [1.29, 1.82) is 0 Å². The van der Waals surface area contributed by atoms with Gasteiger partial charge in [0.05, 0.1) is 5.60 Å². The number of aryl methyl sites for hydroxylation is 1. The molecule has 84 valence electrons. The van der Waals surface area contributed by atoms with Crippen molar-refractivity contribution in [3.63, 3.8) is 0 Å². The average molecular weight is 275 g/mol. The first-order valence-electron chi connectivity index (χ1n) is 4.75. The average Bonchev–Trinajstić information content (AvgIpc) is 2.10. The van der Waals surface area contributed by atoms with Crippen LogP contribution in [0.15, 0.2) is 15.5 Å². The maximum absolute atomic E-state index is 11.7. The van der Waals surface area contributed by atoms with Crippen LogP contribution in [0.1, 0.15) is 26.1 Å². The molecule has 0 radical (unpaired) electrons. The number of hydrogen-bond donors (Lipinski definition) is 1. The third-order valence-electron chi connectivity index (χ3n) is 2.15. The molecule has 0 bridgehead atoms. The molecule has 0 fully saturated rings. The molecular formula is C10H15BrN2O2. The summed E-state index contributed by atoms with van der Waals surface area (Å²) in [5.74, 6) is 0.660. The van der Waals surface area contributed by atoms with Crippen LogP contribution in [0, 0.1) is 6.92 Å². The van der Waals surface area contributed by atoms with Gasteiger partial charge in [-0.15, -0.1) is 0 Å². The van der Waals surface area contributed by atoms with E-state index in [-0.39, 0.29) is 5.56 Å². The summed E-state index contributed by atoms with van der Waals surface area (Å²) in [6, 6.07) is 0. The highest BCUT2D eigenvalue weighted by Gasteiger charge is 2.14. The molecule has 0 saturated heterocycles. The minimum Gasteiger partial charge on any atom is -0.390 e. The van der Waals surface area contributed by atoms with Crippen LogP contribution < -0.4 is 5.56 Å². The van der Waals surface area contributed by atoms with Gasteiger partial charge in [-0.3, -0.25) is 9.36 Å². The van der Waals surface area contributed by atoms with Crippen molar-refractivity contribution in [2.45, 2.75) is 39.3 Å². The third kappa shape index (κ3) is 3.43. The van der Waals surface area contributed by atoms with Gasteiger partial charge in [-0.1, -0.05) is 0 Å². The molecular weight excluding hydrogens is 260 g/mol. The molecule has 0 spiro atoms. The third-order valence-corrected chi connectivity index (χ3v) is 2.70. The lowest BCUT2D eigenvalue weighted by Gasteiger charge is -2.18. The van der Waals surface area contributed by atoms with Crippen molar-refractivity contribution in [3.8, 4) is 0 Å². The molecule has 0 atom stereocenters. The lowest BCUT2D eigenvalue weighted by atomic mass is 10.1. The Kier molecular flexibility index (Phi) is 3.67. The summed E-state index contributed by atoms with van der Waals surface area (Å²) in [5, 5.41) is 9.58.